The number of aromatic nitrogens is 3. The predicted molar refractivity (Wildman–Crippen MR) is 133 cm³/mol. The van der Waals surface area contributed by atoms with Crippen molar-refractivity contribution in [2.24, 2.45) is 0 Å². The monoisotopic (exact) mass is 468 g/mol. The van der Waals surface area contributed by atoms with Crippen LogP contribution >= 0.6 is 0 Å². The van der Waals surface area contributed by atoms with Gasteiger partial charge in [0.25, 0.3) is 5.91 Å². The van der Waals surface area contributed by atoms with Gasteiger partial charge in [0, 0.05) is 22.7 Å². The van der Waals surface area contributed by atoms with E-state index in [1.165, 1.54) is 11.6 Å². The highest BCUT2D eigenvalue weighted by molar-refractivity contribution is 6.13. The lowest BCUT2D eigenvalue weighted by Gasteiger charge is -2.11. The molecular weight excluding hydrogens is 446 g/mol. The number of carbonyl (C=O) groups is 1. The minimum Gasteiger partial charge on any atom is -0.322 e. The molecule has 0 saturated carbocycles. The predicted octanol–water partition coefficient (Wildman–Crippen LogP) is 6.49. The number of rotatable bonds is 5. The first-order valence-electron chi connectivity index (χ1n) is 11.2. The standard InChI is InChI=1S/C28H22F2N4O/c1-3-18-8-11-20(12-9-18)34-17(2)23(16-31-34)27-15-22(21-6-4-5-7-26(21)33-27)28(35)32-19-10-13-24(29)25(30)14-19/h4-16H,3H2,1-2H3,(H,32,35). The normalized spacial score (nSPS) is 11.1. The zero-order valence-corrected chi connectivity index (χ0v) is 19.2. The summed E-state index contributed by atoms with van der Waals surface area (Å²) in [5.74, 6) is -2.45. The number of halogens is 2. The second-order valence-electron chi connectivity index (χ2n) is 8.23. The number of nitrogens with one attached hydrogen (secondary N) is 1. The summed E-state index contributed by atoms with van der Waals surface area (Å²) in [6.07, 6.45) is 2.69. The van der Waals surface area contributed by atoms with Crippen molar-refractivity contribution in [3.8, 4) is 16.9 Å². The molecule has 0 bridgehead atoms. The molecule has 5 rings (SSSR count). The Hall–Kier alpha value is -4.39. The minimum absolute atomic E-state index is 0.163. The highest BCUT2D eigenvalue weighted by Crippen LogP contribution is 2.29. The average molecular weight is 469 g/mol. The van der Waals surface area contributed by atoms with Gasteiger partial charge >= 0.3 is 0 Å². The molecule has 0 fully saturated rings. The lowest BCUT2D eigenvalue weighted by atomic mass is 10.0. The van der Waals surface area contributed by atoms with E-state index in [0.717, 1.165) is 35.5 Å². The maximum Gasteiger partial charge on any atom is 0.256 e. The van der Waals surface area contributed by atoms with E-state index in [4.69, 9.17) is 4.98 Å². The minimum atomic E-state index is -1.03. The molecule has 0 radical (unpaired) electrons. The van der Waals surface area contributed by atoms with Gasteiger partial charge in [0.15, 0.2) is 11.6 Å². The smallest absolute Gasteiger partial charge is 0.256 e. The molecule has 0 spiro atoms. The van der Waals surface area contributed by atoms with Gasteiger partial charge in [-0.05, 0) is 55.3 Å². The number of carbonyl (C=O) groups excluding carboxylic acids is 1. The molecule has 0 atom stereocenters. The fourth-order valence-corrected chi connectivity index (χ4v) is 4.07. The third-order valence-electron chi connectivity index (χ3n) is 6.01. The van der Waals surface area contributed by atoms with Crippen molar-refractivity contribution in [1.29, 1.82) is 0 Å². The summed E-state index contributed by atoms with van der Waals surface area (Å²) in [7, 11) is 0. The van der Waals surface area contributed by atoms with E-state index in [2.05, 4.69) is 29.5 Å². The van der Waals surface area contributed by atoms with Crippen LogP contribution in [0.1, 0.15) is 28.5 Å². The van der Waals surface area contributed by atoms with Gasteiger partial charge in [-0.15, -0.1) is 0 Å². The maximum absolute atomic E-state index is 13.7. The molecule has 0 unspecified atom stereocenters. The number of nitrogens with zero attached hydrogens (tertiary/aromatic N) is 3. The van der Waals surface area contributed by atoms with Crippen molar-refractivity contribution < 1.29 is 13.6 Å². The van der Waals surface area contributed by atoms with Crippen LogP contribution in [0.3, 0.4) is 0 Å². The van der Waals surface area contributed by atoms with Gasteiger partial charge in [0.05, 0.1) is 34.4 Å². The van der Waals surface area contributed by atoms with Gasteiger partial charge < -0.3 is 5.32 Å². The molecule has 7 heteroatoms. The zero-order valence-electron chi connectivity index (χ0n) is 19.2. The van der Waals surface area contributed by atoms with Crippen LogP contribution in [-0.2, 0) is 6.42 Å². The number of para-hydroxylation sites is 1. The lowest BCUT2D eigenvalue weighted by Crippen LogP contribution is -2.13. The molecule has 35 heavy (non-hydrogen) atoms. The molecule has 1 N–H and O–H groups in total. The van der Waals surface area contributed by atoms with E-state index in [-0.39, 0.29) is 5.69 Å². The van der Waals surface area contributed by atoms with Crippen LogP contribution in [0.25, 0.3) is 27.8 Å². The zero-order chi connectivity index (χ0) is 24.5. The molecule has 0 aliphatic carbocycles. The van der Waals surface area contributed by atoms with E-state index in [9.17, 15) is 13.6 Å². The molecule has 0 aliphatic rings. The Morgan fingerprint density at radius 1 is 0.971 bits per heavy atom. The highest BCUT2D eigenvalue weighted by Gasteiger charge is 2.18. The number of pyridine rings is 1. The number of benzene rings is 3. The molecule has 1 amide bonds. The molecule has 5 aromatic rings. The number of anilines is 1. The summed E-state index contributed by atoms with van der Waals surface area (Å²) < 4.78 is 28.8. The third kappa shape index (κ3) is 4.28. The Kier molecular flexibility index (Phi) is 5.82. The summed E-state index contributed by atoms with van der Waals surface area (Å²) in [4.78, 5) is 18.0. The Bertz CT molecular complexity index is 1560. The van der Waals surface area contributed by atoms with Crippen LogP contribution < -0.4 is 5.32 Å². The van der Waals surface area contributed by atoms with E-state index < -0.39 is 17.5 Å². The molecule has 2 aromatic heterocycles. The number of aryl methyl sites for hydroxylation is 1. The van der Waals surface area contributed by atoms with E-state index >= 15 is 0 Å². The first kappa shape index (κ1) is 22.4. The van der Waals surface area contributed by atoms with Crippen molar-refractivity contribution >= 4 is 22.5 Å². The molecule has 5 nitrogen and oxygen atoms in total. The fraction of sp³-hybridized carbons (Fsp3) is 0.107. The third-order valence-corrected chi connectivity index (χ3v) is 6.01. The summed E-state index contributed by atoms with van der Waals surface area (Å²) in [5.41, 5.74) is 5.61. The van der Waals surface area contributed by atoms with Crippen LogP contribution in [-0.4, -0.2) is 20.7 Å². The van der Waals surface area contributed by atoms with Crippen LogP contribution in [0.5, 0.6) is 0 Å². The summed E-state index contributed by atoms with van der Waals surface area (Å²) in [6, 6.07) is 20.5. The quantitative estimate of drug-likeness (QED) is 0.321. The first-order valence-corrected chi connectivity index (χ1v) is 11.2. The Labute approximate surface area is 201 Å². The van der Waals surface area contributed by atoms with Crippen molar-refractivity contribution in [2.45, 2.75) is 20.3 Å². The molecule has 2 heterocycles. The van der Waals surface area contributed by atoms with Crippen molar-refractivity contribution in [2.75, 3.05) is 5.32 Å². The number of fused-ring (bicyclic) bond motifs is 1. The first-order chi connectivity index (χ1) is 16.9. The van der Waals surface area contributed by atoms with Gasteiger partial charge in [0.2, 0.25) is 0 Å². The SMILES string of the molecule is CCc1ccc(-n2ncc(-c3cc(C(=O)Nc4ccc(F)c(F)c4)c4ccccc4n3)c2C)cc1. The van der Waals surface area contributed by atoms with Crippen molar-refractivity contribution in [1.82, 2.24) is 14.8 Å². The lowest BCUT2D eigenvalue weighted by molar-refractivity contribution is 0.102. The summed E-state index contributed by atoms with van der Waals surface area (Å²) in [5, 5.41) is 7.87. The van der Waals surface area contributed by atoms with Crippen LogP contribution in [0.15, 0.2) is 79.0 Å². The largest absolute Gasteiger partial charge is 0.322 e. The Morgan fingerprint density at radius 2 is 1.74 bits per heavy atom. The van der Waals surface area contributed by atoms with Crippen LogP contribution in [0, 0.1) is 18.6 Å². The van der Waals surface area contributed by atoms with E-state index in [1.54, 1.807) is 18.3 Å². The molecule has 0 aliphatic heterocycles. The molecular formula is C28H22F2N4O. The molecule has 174 valence electrons. The van der Waals surface area contributed by atoms with Gasteiger partial charge in [0.1, 0.15) is 0 Å². The fourth-order valence-electron chi connectivity index (χ4n) is 4.07. The Morgan fingerprint density at radius 3 is 2.49 bits per heavy atom. The summed E-state index contributed by atoms with van der Waals surface area (Å²) in [6.45, 7) is 4.06. The van der Waals surface area contributed by atoms with Crippen LogP contribution in [0.4, 0.5) is 14.5 Å². The van der Waals surface area contributed by atoms with E-state index in [0.29, 0.717) is 22.2 Å². The number of amides is 1. The molecule has 3 aromatic carbocycles. The van der Waals surface area contributed by atoms with Crippen LogP contribution in [0.2, 0.25) is 0 Å². The van der Waals surface area contributed by atoms with E-state index in [1.807, 2.05) is 41.9 Å². The summed E-state index contributed by atoms with van der Waals surface area (Å²) >= 11 is 0. The highest BCUT2D eigenvalue weighted by atomic mass is 19.2. The van der Waals surface area contributed by atoms with Gasteiger partial charge in [-0.1, -0.05) is 37.3 Å². The number of hydrogen-bond donors (Lipinski definition) is 1. The number of hydrogen-bond acceptors (Lipinski definition) is 3. The topological polar surface area (TPSA) is 59.8 Å². The maximum atomic E-state index is 13.7. The second kappa shape index (κ2) is 9.10. The second-order valence-corrected chi connectivity index (χ2v) is 8.23. The van der Waals surface area contributed by atoms with Gasteiger partial charge in [-0.25, -0.2) is 18.4 Å². The Balaban J connectivity index is 1.56. The molecule has 0 saturated heterocycles. The van der Waals surface area contributed by atoms with Gasteiger partial charge in [-0.3, -0.25) is 4.79 Å². The van der Waals surface area contributed by atoms with Crippen molar-refractivity contribution in [3.05, 3.63) is 107 Å². The average Bonchev–Trinajstić information content (AvgIpc) is 3.26. The van der Waals surface area contributed by atoms with Gasteiger partial charge in [-0.2, -0.15) is 5.10 Å². The van der Waals surface area contributed by atoms with Crippen molar-refractivity contribution in [3.63, 3.8) is 0 Å².